The van der Waals surface area contributed by atoms with Crippen LogP contribution in [0.5, 0.6) is 0 Å². The molecule has 2 rings (SSSR count). The Morgan fingerprint density at radius 1 is 1.13 bits per heavy atom. The van der Waals surface area contributed by atoms with E-state index in [1.807, 2.05) is 13.8 Å². The topological polar surface area (TPSA) is 66.4 Å². The molecular formula is C18H22FNO3. The summed E-state index contributed by atoms with van der Waals surface area (Å²) in [4.78, 5) is 23.8. The standard InChI is InChI=1S/C18H22FNO3/c1-11-9-15(16(18(22)23)10-12(11)2)17(21)20-8-7-13-3-5-14(19)6-4-13/h3-6,15-16H,7-10H2,1-2H3,(H,20,21)(H,22,23)/t15-,16-/m1/s1. The van der Waals surface area contributed by atoms with Gasteiger partial charge in [-0.1, -0.05) is 23.3 Å². The van der Waals surface area contributed by atoms with Crippen LogP contribution in [-0.4, -0.2) is 23.5 Å². The van der Waals surface area contributed by atoms with E-state index in [9.17, 15) is 19.1 Å². The number of nitrogens with one attached hydrogen (secondary N) is 1. The molecule has 1 aromatic carbocycles. The highest BCUT2D eigenvalue weighted by molar-refractivity contribution is 5.85. The number of carboxylic acid groups (broad SMARTS) is 1. The quantitative estimate of drug-likeness (QED) is 0.820. The molecule has 4 nitrogen and oxygen atoms in total. The van der Waals surface area contributed by atoms with Gasteiger partial charge in [-0.2, -0.15) is 0 Å². The van der Waals surface area contributed by atoms with Gasteiger partial charge in [-0.15, -0.1) is 0 Å². The molecule has 1 aliphatic rings. The summed E-state index contributed by atoms with van der Waals surface area (Å²) in [6, 6.07) is 6.13. The third kappa shape index (κ3) is 4.41. The molecule has 0 spiro atoms. The first kappa shape index (κ1) is 17.2. The minimum Gasteiger partial charge on any atom is -0.481 e. The van der Waals surface area contributed by atoms with Gasteiger partial charge in [-0.05, 0) is 50.8 Å². The predicted molar refractivity (Wildman–Crippen MR) is 85.3 cm³/mol. The van der Waals surface area contributed by atoms with Crippen LogP contribution in [0.25, 0.3) is 0 Å². The van der Waals surface area contributed by atoms with E-state index in [1.165, 1.54) is 12.1 Å². The molecule has 124 valence electrons. The highest BCUT2D eigenvalue weighted by atomic mass is 19.1. The first-order valence-corrected chi connectivity index (χ1v) is 7.78. The van der Waals surface area contributed by atoms with Crippen LogP contribution < -0.4 is 5.32 Å². The Balaban J connectivity index is 1.93. The fourth-order valence-corrected chi connectivity index (χ4v) is 2.94. The zero-order valence-corrected chi connectivity index (χ0v) is 13.4. The maximum atomic E-state index is 12.8. The fraction of sp³-hybridized carbons (Fsp3) is 0.444. The zero-order chi connectivity index (χ0) is 17.0. The van der Waals surface area contributed by atoms with Crippen molar-refractivity contribution in [3.63, 3.8) is 0 Å². The Hall–Kier alpha value is -2.17. The number of amides is 1. The molecule has 2 N–H and O–H groups in total. The van der Waals surface area contributed by atoms with Gasteiger partial charge < -0.3 is 10.4 Å². The molecule has 0 saturated heterocycles. The second-order valence-electron chi connectivity index (χ2n) is 6.19. The number of benzene rings is 1. The summed E-state index contributed by atoms with van der Waals surface area (Å²) in [6.45, 7) is 4.29. The molecule has 0 unspecified atom stereocenters. The predicted octanol–water partition coefficient (Wildman–Crippen LogP) is 2.93. The molecule has 0 heterocycles. The smallest absolute Gasteiger partial charge is 0.307 e. The van der Waals surface area contributed by atoms with Gasteiger partial charge in [-0.3, -0.25) is 9.59 Å². The van der Waals surface area contributed by atoms with E-state index in [1.54, 1.807) is 12.1 Å². The summed E-state index contributed by atoms with van der Waals surface area (Å²) in [7, 11) is 0. The van der Waals surface area contributed by atoms with Gasteiger partial charge in [0.15, 0.2) is 0 Å². The highest BCUT2D eigenvalue weighted by Gasteiger charge is 2.36. The summed E-state index contributed by atoms with van der Waals surface area (Å²) in [5.41, 5.74) is 3.09. The molecule has 23 heavy (non-hydrogen) atoms. The number of rotatable bonds is 5. The molecule has 0 radical (unpaired) electrons. The SMILES string of the molecule is CC1=C(C)C[C@@H](C(=O)NCCc2ccc(F)cc2)[C@H](C(=O)O)C1. The van der Waals surface area contributed by atoms with Gasteiger partial charge in [0.05, 0.1) is 11.8 Å². The lowest BCUT2D eigenvalue weighted by Gasteiger charge is -2.29. The first-order valence-electron chi connectivity index (χ1n) is 7.78. The molecule has 0 bridgehead atoms. The maximum absolute atomic E-state index is 12.8. The van der Waals surface area contributed by atoms with Crippen molar-refractivity contribution in [2.45, 2.75) is 33.1 Å². The van der Waals surface area contributed by atoms with Gasteiger partial charge in [0, 0.05) is 6.54 Å². The van der Waals surface area contributed by atoms with Crippen LogP contribution in [0.1, 0.15) is 32.3 Å². The van der Waals surface area contributed by atoms with Crippen molar-refractivity contribution in [1.29, 1.82) is 0 Å². The van der Waals surface area contributed by atoms with Gasteiger partial charge >= 0.3 is 5.97 Å². The Labute approximate surface area is 135 Å². The average Bonchev–Trinajstić information content (AvgIpc) is 2.51. The van der Waals surface area contributed by atoms with Crippen LogP contribution in [-0.2, 0) is 16.0 Å². The van der Waals surface area contributed by atoms with Gasteiger partial charge in [0.1, 0.15) is 5.82 Å². The minimum absolute atomic E-state index is 0.216. The summed E-state index contributed by atoms with van der Waals surface area (Å²) >= 11 is 0. The van der Waals surface area contributed by atoms with Crippen molar-refractivity contribution >= 4 is 11.9 Å². The Kier molecular flexibility index (Phi) is 5.53. The van der Waals surface area contributed by atoms with Crippen molar-refractivity contribution in [2.24, 2.45) is 11.8 Å². The van der Waals surface area contributed by atoms with Crippen LogP contribution in [0, 0.1) is 17.7 Å². The minimum atomic E-state index is -0.921. The van der Waals surface area contributed by atoms with Crippen LogP contribution in [0.4, 0.5) is 4.39 Å². The fourth-order valence-electron chi connectivity index (χ4n) is 2.94. The van der Waals surface area contributed by atoms with Crippen LogP contribution >= 0.6 is 0 Å². The zero-order valence-electron chi connectivity index (χ0n) is 13.4. The lowest BCUT2D eigenvalue weighted by atomic mass is 9.76. The third-order valence-corrected chi connectivity index (χ3v) is 4.55. The van der Waals surface area contributed by atoms with Gasteiger partial charge in [0.25, 0.3) is 0 Å². The lowest BCUT2D eigenvalue weighted by Crippen LogP contribution is -2.40. The average molecular weight is 319 g/mol. The van der Waals surface area contributed by atoms with E-state index >= 15 is 0 Å². The second kappa shape index (κ2) is 7.40. The lowest BCUT2D eigenvalue weighted by molar-refractivity contribution is -0.147. The van der Waals surface area contributed by atoms with E-state index in [-0.39, 0.29) is 11.7 Å². The molecule has 0 aliphatic heterocycles. The number of carbonyl (C=O) groups is 2. The molecule has 1 aliphatic carbocycles. The van der Waals surface area contributed by atoms with E-state index in [0.29, 0.717) is 25.8 Å². The molecular weight excluding hydrogens is 297 g/mol. The molecule has 1 aromatic rings. The number of hydrogen-bond acceptors (Lipinski definition) is 2. The number of carboxylic acids is 1. The van der Waals surface area contributed by atoms with Crippen molar-refractivity contribution in [1.82, 2.24) is 5.32 Å². The van der Waals surface area contributed by atoms with E-state index in [0.717, 1.165) is 16.7 Å². The third-order valence-electron chi connectivity index (χ3n) is 4.55. The first-order chi connectivity index (χ1) is 10.9. The Morgan fingerprint density at radius 2 is 1.70 bits per heavy atom. The number of carbonyl (C=O) groups excluding carboxylic acids is 1. The largest absolute Gasteiger partial charge is 0.481 e. The summed E-state index contributed by atoms with van der Waals surface area (Å²) < 4.78 is 12.8. The van der Waals surface area contributed by atoms with E-state index in [2.05, 4.69) is 5.32 Å². The van der Waals surface area contributed by atoms with Crippen molar-refractivity contribution < 1.29 is 19.1 Å². The number of aliphatic carboxylic acids is 1. The number of halogens is 1. The molecule has 2 atom stereocenters. The normalized spacial score (nSPS) is 21.2. The highest BCUT2D eigenvalue weighted by Crippen LogP contribution is 2.34. The van der Waals surface area contributed by atoms with Gasteiger partial charge in [0.2, 0.25) is 5.91 Å². The van der Waals surface area contributed by atoms with Crippen LogP contribution in [0.3, 0.4) is 0 Å². The monoisotopic (exact) mass is 319 g/mol. The number of allylic oxidation sites excluding steroid dienone is 2. The maximum Gasteiger partial charge on any atom is 0.307 e. The van der Waals surface area contributed by atoms with Crippen molar-refractivity contribution in [3.8, 4) is 0 Å². The second-order valence-corrected chi connectivity index (χ2v) is 6.19. The summed E-state index contributed by atoms with van der Waals surface area (Å²) in [5, 5.41) is 12.2. The van der Waals surface area contributed by atoms with Gasteiger partial charge in [-0.25, -0.2) is 4.39 Å². The Morgan fingerprint density at radius 3 is 2.26 bits per heavy atom. The Bertz CT molecular complexity index is 622. The van der Waals surface area contributed by atoms with E-state index < -0.39 is 17.8 Å². The molecule has 0 saturated carbocycles. The number of hydrogen-bond donors (Lipinski definition) is 2. The van der Waals surface area contributed by atoms with Crippen molar-refractivity contribution in [2.75, 3.05) is 6.54 Å². The summed E-state index contributed by atoms with van der Waals surface area (Å²) in [5.74, 6) is -2.61. The molecule has 0 fully saturated rings. The molecule has 0 aromatic heterocycles. The molecule has 5 heteroatoms. The van der Waals surface area contributed by atoms with Crippen LogP contribution in [0.2, 0.25) is 0 Å². The van der Waals surface area contributed by atoms with Crippen LogP contribution in [0.15, 0.2) is 35.4 Å². The summed E-state index contributed by atoms with van der Waals surface area (Å²) in [6.07, 6.45) is 1.51. The molecule has 1 amide bonds. The van der Waals surface area contributed by atoms with E-state index in [4.69, 9.17) is 0 Å². The van der Waals surface area contributed by atoms with Crippen molar-refractivity contribution in [3.05, 3.63) is 46.8 Å².